The summed E-state index contributed by atoms with van der Waals surface area (Å²) in [6.07, 6.45) is 0.862. The van der Waals surface area contributed by atoms with Gasteiger partial charge < -0.3 is 10.2 Å². The molecular weight excluding hydrogens is 243 g/mol. The third kappa shape index (κ3) is 2.63. The van der Waals surface area contributed by atoms with Crippen LogP contribution >= 0.6 is 0 Å². The van der Waals surface area contributed by atoms with Gasteiger partial charge in [0.15, 0.2) is 0 Å². The summed E-state index contributed by atoms with van der Waals surface area (Å²) in [5.41, 5.74) is 0.960. The fraction of sp³-hybridized carbons (Fsp3) is 0.533. The summed E-state index contributed by atoms with van der Waals surface area (Å²) in [6, 6.07) is 7.00. The summed E-state index contributed by atoms with van der Waals surface area (Å²) in [7, 11) is 0. The summed E-state index contributed by atoms with van der Waals surface area (Å²) >= 11 is 0. The molecule has 3 nitrogen and oxygen atoms in total. The molecule has 0 spiro atoms. The molecule has 19 heavy (non-hydrogen) atoms. The predicted octanol–water partition coefficient (Wildman–Crippen LogP) is 1.75. The van der Waals surface area contributed by atoms with Gasteiger partial charge in [-0.2, -0.15) is 0 Å². The zero-order valence-corrected chi connectivity index (χ0v) is 11.1. The Bertz CT molecular complexity index is 491. The Balaban J connectivity index is 1.64. The number of amides is 1. The van der Waals surface area contributed by atoms with E-state index in [-0.39, 0.29) is 23.6 Å². The van der Waals surface area contributed by atoms with Gasteiger partial charge >= 0.3 is 0 Å². The third-order valence-corrected chi connectivity index (χ3v) is 4.06. The molecule has 1 aliphatic carbocycles. The van der Waals surface area contributed by atoms with Crippen LogP contribution in [0.15, 0.2) is 24.3 Å². The lowest BCUT2D eigenvalue weighted by Gasteiger charge is -2.32. The average Bonchev–Trinajstić information content (AvgIpc) is 3.18. The largest absolute Gasteiger partial charge is 0.340 e. The third-order valence-electron chi connectivity index (χ3n) is 4.06. The van der Waals surface area contributed by atoms with Crippen molar-refractivity contribution in [3.8, 4) is 0 Å². The SMILES string of the molecule is C[C@@H]1CN(C(=O)[C@H]2C[C@H]2c2cccc(F)c2)CCN1. The van der Waals surface area contributed by atoms with Crippen molar-refractivity contribution in [2.45, 2.75) is 25.3 Å². The summed E-state index contributed by atoms with van der Waals surface area (Å²) < 4.78 is 13.2. The molecule has 4 heteroatoms. The van der Waals surface area contributed by atoms with Gasteiger partial charge in [0.1, 0.15) is 5.82 Å². The number of hydrogen-bond acceptors (Lipinski definition) is 2. The fourth-order valence-electron chi connectivity index (χ4n) is 2.94. The predicted molar refractivity (Wildman–Crippen MR) is 71.3 cm³/mol. The number of rotatable bonds is 2. The van der Waals surface area contributed by atoms with E-state index in [0.29, 0.717) is 6.04 Å². The van der Waals surface area contributed by atoms with E-state index in [1.807, 2.05) is 11.0 Å². The van der Waals surface area contributed by atoms with Crippen LogP contribution in [0.3, 0.4) is 0 Å². The second-order valence-electron chi connectivity index (χ2n) is 5.64. The highest BCUT2D eigenvalue weighted by atomic mass is 19.1. The maximum atomic E-state index is 13.2. The minimum Gasteiger partial charge on any atom is -0.340 e. The van der Waals surface area contributed by atoms with Crippen molar-refractivity contribution in [2.75, 3.05) is 19.6 Å². The van der Waals surface area contributed by atoms with Crippen LogP contribution in [-0.2, 0) is 4.79 Å². The molecule has 3 rings (SSSR count). The van der Waals surface area contributed by atoms with E-state index in [1.165, 1.54) is 6.07 Å². The van der Waals surface area contributed by atoms with Crippen molar-refractivity contribution < 1.29 is 9.18 Å². The van der Waals surface area contributed by atoms with Crippen molar-refractivity contribution in [1.82, 2.24) is 10.2 Å². The lowest BCUT2D eigenvalue weighted by Crippen LogP contribution is -2.51. The van der Waals surface area contributed by atoms with Crippen LogP contribution in [0.1, 0.15) is 24.8 Å². The van der Waals surface area contributed by atoms with Crippen LogP contribution in [0.25, 0.3) is 0 Å². The Morgan fingerprint density at radius 3 is 3.05 bits per heavy atom. The number of carbonyl (C=O) groups excluding carboxylic acids is 1. The first-order chi connectivity index (χ1) is 9.15. The fourth-order valence-corrected chi connectivity index (χ4v) is 2.94. The number of nitrogens with zero attached hydrogens (tertiary/aromatic N) is 1. The van der Waals surface area contributed by atoms with Gasteiger partial charge in [0.2, 0.25) is 5.91 Å². The molecule has 0 aromatic heterocycles. The quantitative estimate of drug-likeness (QED) is 0.880. The topological polar surface area (TPSA) is 32.3 Å². The highest BCUT2D eigenvalue weighted by Crippen LogP contribution is 2.48. The van der Waals surface area contributed by atoms with Crippen LogP contribution in [-0.4, -0.2) is 36.5 Å². The normalized spacial score (nSPS) is 30.2. The zero-order valence-electron chi connectivity index (χ0n) is 11.1. The summed E-state index contributed by atoms with van der Waals surface area (Å²) in [5.74, 6) is 0.300. The van der Waals surface area contributed by atoms with Crippen LogP contribution in [0.4, 0.5) is 4.39 Å². The van der Waals surface area contributed by atoms with Crippen molar-refractivity contribution in [2.24, 2.45) is 5.92 Å². The second kappa shape index (κ2) is 4.93. The molecule has 1 aromatic rings. The van der Waals surface area contributed by atoms with Crippen molar-refractivity contribution in [3.05, 3.63) is 35.6 Å². The number of nitrogens with one attached hydrogen (secondary N) is 1. The van der Waals surface area contributed by atoms with Gasteiger partial charge in [-0.05, 0) is 37.0 Å². The Hall–Kier alpha value is -1.42. The first-order valence-electron chi connectivity index (χ1n) is 6.93. The van der Waals surface area contributed by atoms with Crippen LogP contribution in [0.2, 0.25) is 0 Å². The molecule has 0 unspecified atom stereocenters. The molecule has 2 fully saturated rings. The highest BCUT2D eigenvalue weighted by molar-refractivity contribution is 5.83. The van der Waals surface area contributed by atoms with E-state index >= 15 is 0 Å². The van der Waals surface area contributed by atoms with E-state index in [1.54, 1.807) is 12.1 Å². The first-order valence-corrected chi connectivity index (χ1v) is 6.93. The average molecular weight is 262 g/mol. The van der Waals surface area contributed by atoms with Crippen LogP contribution in [0.5, 0.6) is 0 Å². The molecule has 3 atom stereocenters. The Labute approximate surface area is 112 Å². The van der Waals surface area contributed by atoms with Gasteiger partial charge in [0.25, 0.3) is 0 Å². The molecule has 1 saturated carbocycles. The Morgan fingerprint density at radius 2 is 2.32 bits per heavy atom. The molecule has 1 aromatic carbocycles. The van der Waals surface area contributed by atoms with Crippen LogP contribution < -0.4 is 5.32 Å². The zero-order chi connectivity index (χ0) is 13.4. The minimum atomic E-state index is -0.216. The molecule has 1 amide bonds. The van der Waals surface area contributed by atoms with Gasteiger partial charge in [0.05, 0.1) is 0 Å². The van der Waals surface area contributed by atoms with E-state index in [0.717, 1.165) is 31.6 Å². The lowest BCUT2D eigenvalue weighted by atomic mass is 10.1. The van der Waals surface area contributed by atoms with Gasteiger partial charge in [-0.25, -0.2) is 4.39 Å². The molecule has 102 valence electrons. The summed E-state index contributed by atoms with van der Waals surface area (Å²) in [4.78, 5) is 14.3. The maximum Gasteiger partial charge on any atom is 0.226 e. The smallest absolute Gasteiger partial charge is 0.226 e. The molecule has 1 aliphatic heterocycles. The first kappa shape index (κ1) is 12.6. The molecule has 1 N–H and O–H groups in total. The Morgan fingerprint density at radius 1 is 1.47 bits per heavy atom. The van der Waals surface area contributed by atoms with E-state index in [4.69, 9.17) is 0 Å². The van der Waals surface area contributed by atoms with Gasteiger partial charge in [-0.15, -0.1) is 0 Å². The maximum absolute atomic E-state index is 13.2. The molecule has 0 bridgehead atoms. The van der Waals surface area contributed by atoms with Crippen molar-refractivity contribution >= 4 is 5.91 Å². The van der Waals surface area contributed by atoms with Crippen LogP contribution in [0, 0.1) is 11.7 Å². The van der Waals surface area contributed by atoms with E-state index in [2.05, 4.69) is 12.2 Å². The van der Waals surface area contributed by atoms with Crippen molar-refractivity contribution in [3.63, 3.8) is 0 Å². The number of piperazine rings is 1. The van der Waals surface area contributed by atoms with Gasteiger partial charge in [-0.3, -0.25) is 4.79 Å². The number of halogens is 1. The van der Waals surface area contributed by atoms with Gasteiger partial charge in [0, 0.05) is 31.6 Å². The molecular formula is C15H19FN2O. The number of carbonyl (C=O) groups is 1. The minimum absolute atomic E-state index is 0.0621. The van der Waals surface area contributed by atoms with E-state index in [9.17, 15) is 9.18 Å². The number of benzene rings is 1. The highest BCUT2D eigenvalue weighted by Gasteiger charge is 2.46. The molecule has 1 heterocycles. The summed E-state index contributed by atoms with van der Waals surface area (Å²) in [6.45, 7) is 4.53. The summed E-state index contributed by atoms with van der Waals surface area (Å²) in [5, 5.41) is 3.33. The van der Waals surface area contributed by atoms with E-state index < -0.39 is 0 Å². The number of hydrogen-bond donors (Lipinski definition) is 1. The second-order valence-corrected chi connectivity index (χ2v) is 5.64. The molecule has 0 radical (unpaired) electrons. The van der Waals surface area contributed by atoms with Gasteiger partial charge in [-0.1, -0.05) is 12.1 Å². The monoisotopic (exact) mass is 262 g/mol. The molecule has 2 aliphatic rings. The Kier molecular flexibility index (Phi) is 3.27. The van der Waals surface area contributed by atoms with Crippen molar-refractivity contribution in [1.29, 1.82) is 0 Å². The lowest BCUT2D eigenvalue weighted by molar-refractivity contribution is -0.133. The standard InChI is InChI=1S/C15H19FN2O/c1-10-9-18(6-5-17-10)15(19)14-8-13(14)11-3-2-4-12(16)7-11/h2-4,7,10,13-14,17H,5-6,8-9H2,1H3/t10-,13+,14+/m1/s1. The molecule has 1 saturated heterocycles.